The number of benzene rings is 2. The summed E-state index contributed by atoms with van der Waals surface area (Å²) in [6.07, 6.45) is 1.56. The van der Waals surface area contributed by atoms with Crippen LogP contribution in [0.1, 0.15) is 5.56 Å². The molecule has 0 saturated carbocycles. The first-order valence-corrected chi connectivity index (χ1v) is 8.94. The summed E-state index contributed by atoms with van der Waals surface area (Å²) in [5, 5.41) is 4.56. The molecule has 1 N–H and O–H groups in total. The Balaban J connectivity index is 1.51. The molecular formula is C16H12ClN3OS2. The maximum absolute atomic E-state index is 11.8. The highest BCUT2D eigenvalue weighted by molar-refractivity contribution is 8.01. The number of hydrogen-bond donors (Lipinski definition) is 1. The van der Waals surface area contributed by atoms with Crippen molar-refractivity contribution in [2.75, 3.05) is 5.75 Å². The van der Waals surface area contributed by atoms with Crippen LogP contribution in [0.15, 0.2) is 58.0 Å². The summed E-state index contributed by atoms with van der Waals surface area (Å²) in [7, 11) is 0. The van der Waals surface area contributed by atoms with Crippen molar-refractivity contribution in [3.8, 4) is 0 Å². The normalized spacial score (nSPS) is 11.2. The molecule has 0 bridgehead atoms. The van der Waals surface area contributed by atoms with Crippen LogP contribution in [0, 0.1) is 0 Å². The van der Waals surface area contributed by atoms with Gasteiger partial charge in [0.05, 0.1) is 22.2 Å². The number of rotatable bonds is 5. The minimum absolute atomic E-state index is 0.174. The van der Waals surface area contributed by atoms with Gasteiger partial charge in [-0.25, -0.2) is 10.4 Å². The highest BCUT2D eigenvalue weighted by Crippen LogP contribution is 2.28. The Hall–Kier alpha value is -1.89. The Labute approximate surface area is 146 Å². The van der Waals surface area contributed by atoms with Crippen LogP contribution in [0.25, 0.3) is 10.2 Å². The fraction of sp³-hybridized carbons (Fsp3) is 0.0625. The molecule has 0 radical (unpaired) electrons. The predicted molar refractivity (Wildman–Crippen MR) is 97.5 cm³/mol. The molecule has 3 rings (SSSR count). The molecule has 4 nitrogen and oxygen atoms in total. The number of amides is 1. The first kappa shape index (κ1) is 16.0. The Kier molecular flexibility index (Phi) is 5.27. The minimum atomic E-state index is -0.174. The molecule has 0 unspecified atom stereocenters. The maximum Gasteiger partial charge on any atom is 0.250 e. The van der Waals surface area contributed by atoms with Crippen molar-refractivity contribution in [2.24, 2.45) is 5.10 Å². The van der Waals surface area contributed by atoms with Gasteiger partial charge in [0, 0.05) is 5.02 Å². The van der Waals surface area contributed by atoms with Gasteiger partial charge in [-0.15, -0.1) is 11.3 Å². The second kappa shape index (κ2) is 7.59. The van der Waals surface area contributed by atoms with E-state index < -0.39 is 0 Å². The zero-order valence-corrected chi connectivity index (χ0v) is 14.3. The van der Waals surface area contributed by atoms with Crippen molar-refractivity contribution in [3.05, 3.63) is 59.1 Å². The van der Waals surface area contributed by atoms with Crippen molar-refractivity contribution in [2.45, 2.75) is 4.34 Å². The molecular weight excluding hydrogens is 350 g/mol. The molecule has 23 heavy (non-hydrogen) atoms. The van der Waals surface area contributed by atoms with E-state index in [1.807, 2.05) is 36.4 Å². The summed E-state index contributed by atoms with van der Waals surface area (Å²) in [5.74, 6) is 0.0970. The van der Waals surface area contributed by atoms with Crippen LogP contribution >= 0.6 is 34.7 Å². The van der Waals surface area contributed by atoms with Crippen molar-refractivity contribution in [3.63, 3.8) is 0 Å². The number of hydrazone groups is 1. The zero-order valence-electron chi connectivity index (χ0n) is 11.9. The van der Waals surface area contributed by atoms with Crippen molar-refractivity contribution < 1.29 is 4.79 Å². The van der Waals surface area contributed by atoms with E-state index in [2.05, 4.69) is 15.5 Å². The van der Waals surface area contributed by atoms with Crippen LogP contribution in [-0.2, 0) is 4.79 Å². The molecule has 0 aliphatic heterocycles. The van der Waals surface area contributed by atoms with Gasteiger partial charge in [-0.1, -0.05) is 47.6 Å². The van der Waals surface area contributed by atoms with Crippen molar-refractivity contribution >= 4 is 57.0 Å². The third-order valence-electron chi connectivity index (χ3n) is 2.85. The fourth-order valence-electron chi connectivity index (χ4n) is 1.84. The number of halogens is 1. The van der Waals surface area contributed by atoms with Crippen LogP contribution in [0.2, 0.25) is 5.02 Å². The van der Waals surface area contributed by atoms with E-state index >= 15 is 0 Å². The number of aromatic nitrogens is 1. The van der Waals surface area contributed by atoms with Crippen LogP contribution in [0.5, 0.6) is 0 Å². The molecule has 7 heteroatoms. The van der Waals surface area contributed by atoms with E-state index in [9.17, 15) is 4.79 Å². The molecule has 0 aliphatic rings. The fourth-order valence-corrected chi connectivity index (χ4v) is 3.90. The number of fused-ring (bicyclic) bond motifs is 1. The highest BCUT2D eigenvalue weighted by atomic mass is 35.5. The van der Waals surface area contributed by atoms with Gasteiger partial charge in [0.2, 0.25) is 0 Å². The molecule has 3 aromatic rings. The largest absolute Gasteiger partial charge is 0.272 e. The van der Waals surface area contributed by atoms with Crippen molar-refractivity contribution in [1.82, 2.24) is 10.4 Å². The van der Waals surface area contributed by atoms with Gasteiger partial charge in [-0.3, -0.25) is 4.79 Å². The number of nitrogens with zero attached hydrogens (tertiary/aromatic N) is 2. The summed E-state index contributed by atoms with van der Waals surface area (Å²) >= 11 is 8.86. The van der Waals surface area contributed by atoms with Crippen LogP contribution < -0.4 is 5.43 Å². The number of carbonyl (C=O) groups is 1. The third kappa shape index (κ3) is 4.54. The van der Waals surface area contributed by atoms with Crippen LogP contribution in [0.4, 0.5) is 0 Å². The summed E-state index contributed by atoms with van der Waals surface area (Å²) in [5.41, 5.74) is 4.29. The van der Waals surface area contributed by atoms with Gasteiger partial charge >= 0.3 is 0 Å². The van der Waals surface area contributed by atoms with E-state index in [0.717, 1.165) is 20.1 Å². The molecule has 1 amide bonds. The Morgan fingerprint density at radius 3 is 3.00 bits per heavy atom. The van der Waals surface area contributed by atoms with Crippen LogP contribution in [-0.4, -0.2) is 22.9 Å². The number of carbonyl (C=O) groups excluding carboxylic acids is 1. The Bertz CT molecular complexity index is 830. The second-order valence-corrected chi connectivity index (χ2v) is 7.27. The molecule has 1 aromatic heterocycles. The predicted octanol–water partition coefficient (Wildman–Crippen LogP) is 4.19. The summed E-state index contributed by atoms with van der Waals surface area (Å²) in [6, 6.07) is 15.2. The number of para-hydroxylation sites is 1. The highest BCUT2D eigenvalue weighted by Gasteiger charge is 2.06. The minimum Gasteiger partial charge on any atom is -0.272 e. The van der Waals surface area contributed by atoms with E-state index in [0.29, 0.717) is 5.02 Å². The average molecular weight is 362 g/mol. The van der Waals surface area contributed by atoms with E-state index in [4.69, 9.17) is 11.6 Å². The van der Waals surface area contributed by atoms with Gasteiger partial charge in [-0.2, -0.15) is 5.10 Å². The Morgan fingerprint density at radius 1 is 1.30 bits per heavy atom. The topological polar surface area (TPSA) is 54.4 Å². The molecule has 2 aromatic carbocycles. The van der Waals surface area contributed by atoms with Crippen molar-refractivity contribution in [1.29, 1.82) is 0 Å². The lowest BCUT2D eigenvalue weighted by Crippen LogP contribution is -2.19. The molecule has 116 valence electrons. The maximum atomic E-state index is 11.8. The third-order valence-corrected chi connectivity index (χ3v) is 5.27. The number of thioether (sulfide) groups is 1. The average Bonchev–Trinajstić information content (AvgIpc) is 2.96. The van der Waals surface area contributed by atoms with Gasteiger partial charge in [0.1, 0.15) is 0 Å². The van der Waals surface area contributed by atoms with E-state index in [1.165, 1.54) is 11.8 Å². The SMILES string of the molecule is O=C(CSc1nc2ccccc2s1)N/N=C\c1cccc(Cl)c1. The van der Waals surface area contributed by atoms with Gasteiger partial charge in [0.15, 0.2) is 4.34 Å². The number of hydrogen-bond acceptors (Lipinski definition) is 5. The molecule has 1 heterocycles. The molecule has 0 spiro atoms. The molecule has 0 saturated heterocycles. The van der Waals surface area contributed by atoms with E-state index in [-0.39, 0.29) is 11.7 Å². The summed E-state index contributed by atoms with van der Waals surface area (Å²) in [4.78, 5) is 16.3. The summed E-state index contributed by atoms with van der Waals surface area (Å²) in [6.45, 7) is 0. The molecule has 0 fully saturated rings. The standard InChI is InChI=1S/C16H12ClN3OS2/c17-12-5-3-4-11(8-12)9-18-20-15(21)10-22-16-19-13-6-1-2-7-14(13)23-16/h1-9H,10H2,(H,20,21)/b18-9-. The lowest BCUT2D eigenvalue weighted by Gasteiger charge is -1.98. The number of thiazole rings is 1. The molecule has 0 aliphatic carbocycles. The second-order valence-electron chi connectivity index (χ2n) is 4.58. The monoisotopic (exact) mass is 361 g/mol. The quantitative estimate of drug-likeness (QED) is 0.421. The first-order chi connectivity index (χ1) is 11.2. The number of nitrogens with one attached hydrogen (secondary N) is 1. The van der Waals surface area contributed by atoms with Gasteiger partial charge < -0.3 is 0 Å². The Morgan fingerprint density at radius 2 is 2.17 bits per heavy atom. The zero-order chi connectivity index (χ0) is 16.1. The first-order valence-electron chi connectivity index (χ1n) is 6.76. The summed E-state index contributed by atoms with van der Waals surface area (Å²) < 4.78 is 1.99. The van der Waals surface area contributed by atoms with E-state index in [1.54, 1.807) is 29.7 Å². The lowest BCUT2D eigenvalue weighted by atomic mass is 10.2. The van der Waals surface area contributed by atoms with Gasteiger partial charge in [0.25, 0.3) is 5.91 Å². The van der Waals surface area contributed by atoms with Crippen LogP contribution in [0.3, 0.4) is 0 Å². The van der Waals surface area contributed by atoms with Gasteiger partial charge in [-0.05, 0) is 29.8 Å². The smallest absolute Gasteiger partial charge is 0.250 e. The molecule has 0 atom stereocenters. The lowest BCUT2D eigenvalue weighted by molar-refractivity contribution is -0.118.